The van der Waals surface area contributed by atoms with Crippen LogP contribution in [0.2, 0.25) is 0 Å². The fraction of sp³-hybridized carbons (Fsp3) is 0.750. The molecule has 0 bridgehead atoms. The van der Waals surface area contributed by atoms with E-state index in [1.54, 1.807) is 13.8 Å². The van der Waals surface area contributed by atoms with Gasteiger partial charge in [-0.3, -0.25) is 9.59 Å². The normalized spacial score (nSPS) is 13.3. The maximum Gasteiger partial charge on any atom is 0.243 e. The van der Waals surface area contributed by atoms with E-state index in [1.807, 2.05) is 0 Å². The van der Waals surface area contributed by atoms with E-state index in [0.29, 0.717) is 0 Å². The summed E-state index contributed by atoms with van der Waals surface area (Å²) in [6.07, 6.45) is 0. The Hall–Kier alpha value is -0.710. The van der Waals surface area contributed by atoms with Gasteiger partial charge in [0.05, 0.1) is 0 Å². The summed E-state index contributed by atoms with van der Waals surface area (Å²) < 4.78 is -0.578. The molecule has 0 aliphatic carbocycles. The van der Waals surface area contributed by atoms with Crippen molar-refractivity contribution in [2.45, 2.75) is 31.6 Å². The molecule has 13 heavy (non-hydrogen) atoms. The Labute approximate surface area is 83.9 Å². The fourth-order valence-electron chi connectivity index (χ4n) is 0.911. The summed E-state index contributed by atoms with van der Waals surface area (Å²) in [5.41, 5.74) is 0. The fourth-order valence-corrected chi connectivity index (χ4v) is 1.09. The molecule has 0 fully saturated rings. The number of rotatable bonds is 3. The van der Waals surface area contributed by atoms with Gasteiger partial charge in [-0.25, -0.2) is 0 Å². The zero-order valence-electron chi connectivity index (χ0n) is 8.34. The molecule has 2 amide bonds. The van der Waals surface area contributed by atoms with Gasteiger partial charge < -0.3 is 10.6 Å². The minimum Gasteiger partial charge on any atom is -0.357 e. The predicted molar refractivity (Wildman–Crippen MR) is 54.7 cm³/mol. The Bertz CT molecular complexity index is 211. The molecule has 0 aromatic rings. The summed E-state index contributed by atoms with van der Waals surface area (Å²) in [5.74, 6) is -0.481. The third-order valence-corrected chi connectivity index (χ3v) is 1.82. The van der Waals surface area contributed by atoms with Crippen molar-refractivity contribution in [2.75, 3.05) is 7.05 Å². The molecular weight excluding hydrogens is 188 g/mol. The highest BCUT2D eigenvalue weighted by molar-refractivity contribution is 7.81. The van der Waals surface area contributed by atoms with Gasteiger partial charge in [-0.1, -0.05) is 0 Å². The van der Waals surface area contributed by atoms with E-state index in [9.17, 15) is 9.59 Å². The number of hydrogen-bond donors (Lipinski definition) is 3. The molecule has 0 radical (unpaired) electrons. The van der Waals surface area contributed by atoms with Crippen LogP contribution in [-0.4, -0.2) is 29.7 Å². The number of thiol groups is 1. The van der Waals surface area contributed by atoms with E-state index < -0.39 is 10.8 Å². The molecule has 0 rings (SSSR count). The lowest BCUT2D eigenvalue weighted by Crippen LogP contribution is -2.54. The second kappa shape index (κ2) is 4.50. The van der Waals surface area contributed by atoms with Crippen LogP contribution in [0.5, 0.6) is 0 Å². The minimum atomic E-state index is -0.613. The van der Waals surface area contributed by atoms with Crippen LogP contribution in [0, 0.1) is 0 Å². The molecule has 0 saturated heterocycles. The van der Waals surface area contributed by atoms with E-state index in [0.717, 1.165) is 0 Å². The van der Waals surface area contributed by atoms with Gasteiger partial charge in [0.1, 0.15) is 6.04 Å². The Kier molecular flexibility index (Phi) is 4.26. The summed E-state index contributed by atoms with van der Waals surface area (Å²) >= 11 is 4.24. The van der Waals surface area contributed by atoms with Crippen LogP contribution in [0.25, 0.3) is 0 Å². The zero-order valence-corrected chi connectivity index (χ0v) is 9.24. The van der Waals surface area contributed by atoms with Crippen LogP contribution in [0.4, 0.5) is 0 Å². The first-order valence-corrected chi connectivity index (χ1v) is 4.45. The van der Waals surface area contributed by atoms with Crippen molar-refractivity contribution in [1.82, 2.24) is 10.6 Å². The molecule has 0 aromatic heterocycles. The Morgan fingerprint density at radius 2 is 1.85 bits per heavy atom. The van der Waals surface area contributed by atoms with Gasteiger partial charge in [-0.2, -0.15) is 12.6 Å². The molecule has 1 atom stereocenters. The molecule has 0 spiro atoms. The second-order valence-electron chi connectivity index (χ2n) is 3.40. The van der Waals surface area contributed by atoms with E-state index in [2.05, 4.69) is 23.3 Å². The van der Waals surface area contributed by atoms with Crippen molar-refractivity contribution in [3.63, 3.8) is 0 Å². The maximum absolute atomic E-state index is 11.3. The highest BCUT2D eigenvalue weighted by atomic mass is 32.1. The molecular formula is C8H16N2O2S. The van der Waals surface area contributed by atoms with Gasteiger partial charge in [0, 0.05) is 18.7 Å². The van der Waals surface area contributed by atoms with Crippen LogP contribution in [0.1, 0.15) is 20.8 Å². The van der Waals surface area contributed by atoms with E-state index in [4.69, 9.17) is 0 Å². The molecule has 1 unspecified atom stereocenters. The van der Waals surface area contributed by atoms with E-state index >= 15 is 0 Å². The van der Waals surface area contributed by atoms with Crippen LogP contribution in [0.3, 0.4) is 0 Å². The average molecular weight is 204 g/mol. The van der Waals surface area contributed by atoms with Crippen LogP contribution >= 0.6 is 12.6 Å². The first kappa shape index (κ1) is 12.3. The van der Waals surface area contributed by atoms with E-state index in [-0.39, 0.29) is 11.8 Å². The molecule has 4 nitrogen and oxygen atoms in total. The number of nitrogens with one attached hydrogen (secondary N) is 2. The lowest BCUT2D eigenvalue weighted by Gasteiger charge is -2.28. The van der Waals surface area contributed by atoms with Crippen molar-refractivity contribution in [2.24, 2.45) is 0 Å². The highest BCUT2D eigenvalue weighted by Crippen LogP contribution is 2.17. The Morgan fingerprint density at radius 3 is 2.08 bits per heavy atom. The molecule has 0 saturated carbocycles. The third kappa shape index (κ3) is 4.17. The average Bonchev–Trinajstić information content (AvgIpc) is 1.96. The zero-order chi connectivity index (χ0) is 10.6. The van der Waals surface area contributed by atoms with Crippen LogP contribution in [0.15, 0.2) is 0 Å². The summed E-state index contributed by atoms with van der Waals surface area (Å²) in [7, 11) is 1.52. The van der Waals surface area contributed by atoms with Crippen molar-refractivity contribution >= 4 is 24.4 Å². The van der Waals surface area contributed by atoms with Gasteiger partial charge in [0.2, 0.25) is 11.8 Å². The number of carbonyl (C=O) groups excluding carboxylic acids is 2. The van der Waals surface area contributed by atoms with Gasteiger partial charge in [0.25, 0.3) is 0 Å². The van der Waals surface area contributed by atoms with Gasteiger partial charge >= 0.3 is 0 Å². The van der Waals surface area contributed by atoms with Crippen molar-refractivity contribution in [3.05, 3.63) is 0 Å². The highest BCUT2D eigenvalue weighted by Gasteiger charge is 2.32. The summed E-state index contributed by atoms with van der Waals surface area (Å²) in [4.78, 5) is 22.1. The summed E-state index contributed by atoms with van der Waals surface area (Å²) in [5, 5.41) is 5.02. The number of carbonyl (C=O) groups is 2. The second-order valence-corrected chi connectivity index (χ2v) is 4.55. The third-order valence-electron chi connectivity index (χ3n) is 1.56. The summed E-state index contributed by atoms with van der Waals surface area (Å²) in [6.45, 7) is 4.91. The van der Waals surface area contributed by atoms with Crippen molar-refractivity contribution in [1.29, 1.82) is 0 Å². The molecule has 76 valence electrons. The standard InChI is InChI=1S/C8H16N2O2S/c1-5(11)10-6(7(12)9-4)8(2,3)13/h6,13H,1-4H3,(H,9,12)(H,10,11). The minimum absolute atomic E-state index is 0.240. The molecule has 0 aliphatic heterocycles. The molecule has 5 heteroatoms. The van der Waals surface area contributed by atoms with Gasteiger partial charge in [0.15, 0.2) is 0 Å². The monoisotopic (exact) mass is 204 g/mol. The maximum atomic E-state index is 11.3. The van der Waals surface area contributed by atoms with Gasteiger partial charge in [-0.05, 0) is 13.8 Å². The largest absolute Gasteiger partial charge is 0.357 e. The topological polar surface area (TPSA) is 58.2 Å². The number of likely N-dealkylation sites (N-methyl/N-ethyl adjacent to an activating group) is 1. The Balaban J connectivity index is 4.56. The first-order valence-electron chi connectivity index (χ1n) is 4.00. The SMILES string of the molecule is CNC(=O)C(NC(C)=O)C(C)(C)S. The first-order chi connectivity index (χ1) is 5.79. The lowest BCUT2D eigenvalue weighted by atomic mass is 10.0. The number of amides is 2. The summed E-state index contributed by atoms with van der Waals surface area (Å²) in [6, 6.07) is -0.613. The van der Waals surface area contributed by atoms with Gasteiger partial charge in [-0.15, -0.1) is 0 Å². The Morgan fingerprint density at radius 1 is 1.38 bits per heavy atom. The van der Waals surface area contributed by atoms with E-state index in [1.165, 1.54) is 14.0 Å². The van der Waals surface area contributed by atoms with Crippen molar-refractivity contribution < 1.29 is 9.59 Å². The molecule has 0 aliphatic rings. The molecule has 0 heterocycles. The van der Waals surface area contributed by atoms with Crippen LogP contribution in [-0.2, 0) is 9.59 Å². The molecule has 2 N–H and O–H groups in total. The van der Waals surface area contributed by atoms with Crippen molar-refractivity contribution in [3.8, 4) is 0 Å². The predicted octanol–water partition coefficient (Wildman–Crippen LogP) is -0.0545. The quantitative estimate of drug-likeness (QED) is 0.564. The van der Waals surface area contributed by atoms with Crippen LogP contribution < -0.4 is 10.6 Å². The molecule has 0 aromatic carbocycles. The smallest absolute Gasteiger partial charge is 0.243 e. The number of hydrogen-bond acceptors (Lipinski definition) is 3. The lowest BCUT2D eigenvalue weighted by molar-refractivity contribution is -0.128.